The summed E-state index contributed by atoms with van der Waals surface area (Å²) in [6, 6.07) is 6.85. The van der Waals surface area contributed by atoms with Crippen molar-refractivity contribution in [2.24, 2.45) is 0 Å². The zero-order valence-corrected chi connectivity index (χ0v) is 16.9. The summed E-state index contributed by atoms with van der Waals surface area (Å²) in [5.74, 6) is 0.764. The lowest BCUT2D eigenvalue weighted by Crippen LogP contribution is -2.30. The van der Waals surface area contributed by atoms with Crippen LogP contribution < -0.4 is 14.8 Å². The third-order valence-electron chi connectivity index (χ3n) is 4.42. The van der Waals surface area contributed by atoms with Crippen molar-refractivity contribution in [1.82, 2.24) is 9.62 Å². The van der Waals surface area contributed by atoms with Crippen LogP contribution in [0.1, 0.15) is 28.1 Å². The van der Waals surface area contributed by atoms with Crippen molar-refractivity contribution in [3.8, 4) is 11.5 Å². The van der Waals surface area contributed by atoms with Gasteiger partial charge in [0.1, 0.15) is 9.77 Å². The second-order valence-electron chi connectivity index (χ2n) is 6.10. The van der Waals surface area contributed by atoms with Crippen molar-refractivity contribution in [3.05, 3.63) is 40.1 Å². The number of hydrogen-bond donors (Lipinski definition) is 1. The number of rotatable bonds is 7. The van der Waals surface area contributed by atoms with E-state index in [1.54, 1.807) is 31.7 Å². The number of methoxy groups -OCH3 is 2. The molecule has 1 aromatic heterocycles. The van der Waals surface area contributed by atoms with Gasteiger partial charge in [-0.05, 0) is 42.0 Å². The summed E-state index contributed by atoms with van der Waals surface area (Å²) in [4.78, 5) is 12.9. The summed E-state index contributed by atoms with van der Waals surface area (Å²) < 4.78 is 37.4. The molecule has 0 atom stereocenters. The number of nitrogens with one attached hydrogen (secondary N) is 1. The van der Waals surface area contributed by atoms with E-state index in [-0.39, 0.29) is 16.3 Å². The van der Waals surface area contributed by atoms with Crippen LogP contribution in [0.4, 0.5) is 0 Å². The molecule has 2 heterocycles. The van der Waals surface area contributed by atoms with Gasteiger partial charge in [-0.1, -0.05) is 6.07 Å². The summed E-state index contributed by atoms with van der Waals surface area (Å²) in [6.45, 7) is 1.26. The Kier molecular flexibility index (Phi) is 6.03. The van der Waals surface area contributed by atoms with E-state index >= 15 is 0 Å². The largest absolute Gasteiger partial charge is 0.493 e. The van der Waals surface area contributed by atoms with Gasteiger partial charge in [-0.25, -0.2) is 8.42 Å². The van der Waals surface area contributed by atoms with E-state index in [0.29, 0.717) is 24.6 Å². The minimum Gasteiger partial charge on any atom is -0.493 e. The molecule has 0 spiro atoms. The molecule has 2 aromatic rings. The number of carbonyl (C=O) groups is 1. The Hall–Kier alpha value is -2.10. The number of benzene rings is 1. The normalized spacial score (nSPS) is 14.9. The Morgan fingerprint density at radius 1 is 1.15 bits per heavy atom. The van der Waals surface area contributed by atoms with Crippen LogP contribution in [0.3, 0.4) is 0 Å². The molecule has 1 aliphatic rings. The predicted molar refractivity (Wildman–Crippen MR) is 103 cm³/mol. The van der Waals surface area contributed by atoms with Crippen LogP contribution in [0, 0.1) is 0 Å². The van der Waals surface area contributed by atoms with Gasteiger partial charge < -0.3 is 14.8 Å². The molecule has 1 aliphatic heterocycles. The highest BCUT2D eigenvalue weighted by Gasteiger charge is 2.31. The lowest BCUT2D eigenvalue weighted by Gasteiger charge is -2.15. The lowest BCUT2D eigenvalue weighted by atomic mass is 10.2. The van der Waals surface area contributed by atoms with Crippen molar-refractivity contribution < 1.29 is 22.7 Å². The number of ether oxygens (including phenoxy) is 2. The fraction of sp³-hybridized carbons (Fsp3) is 0.389. The van der Waals surface area contributed by atoms with Crippen LogP contribution in [0.25, 0.3) is 0 Å². The smallest absolute Gasteiger partial charge is 0.263 e. The molecule has 0 radical (unpaired) electrons. The van der Waals surface area contributed by atoms with Gasteiger partial charge in [0.05, 0.1) is 14.2 Å². The van der Waals surface area contributed by atoms with E-state index in [0.717, 1.165) is 29.7 Å². The fourth-order valence-corrected chi connectivity index (χ4v) is 5.82. The molecule has 1 saturated heterocycles. The molecule has 146 valence electrons. The molecular weight excluding hydrogens is 388 g/mol. The van der Waals surface area contributed by atoms with Crippen molar-refractivity contribution in [2.45, 2.75) is 24.3 Å². The Labute approximate surface area is 163 Å². The molecule has 1 amide bonds. The first-order valence-corrected chi connectivity index (χ1v) is 10.9. The zero-order chi connectivity index (χ0) is 19.4. The quantitative estimate of drug-likeness (QED) is 0.758. The van der Waals surface area contributed by atoms with Crippen LogP contribution in [0.2, 0.25) is 0 Å². The molecule has 0 bridgehead atoms. The SMILES string of the molecule is COc1ccc(CNC(=O)c2sccc2S(=O)(=O)N2CCCC2)cc1OC. The molecule has 27 heavy (non-hydrogen) atoms. The summed E-state index contributed by atoms with van der Waals surface area (Å²) in [6.07, 6.45) is 1.70. The van der Waals surface area contributed by atoms with Crippen LogP contribution in [-0.2, 0) is 16.6 Å². The molecule has 0 unspecified atom stereocenters. The molecule has 1 fully saturated rings. The minimum absolute atomic E-state index is 0.0826. The molecule has 1 aromatic carbocycles. The Bertz CT molecular complexity index is 918. The topological polar surface area (TPSA) is 84.9 Å². The molecule has 1 N–H and O–H groups in total. The van der Waals surface area contributed by atoms with Gasteiger partial charge in [-0.15, -0.1) is 11.3 Å². The van der Waals surface area contributed by atoms with Gasteiger partial charge in [0.2, 0.25) is 10.0 Å². The van der Waals surface area contributed by atoms with Crippen LogP contribution >= 0.6 is 11.3 Å². The first-order valence-electron chi connectivity index (χ1n) is 8.54. The van der Waals surface area contributed by atoms with Gasteiger partial charge in [-0.2, -0.15) is 4.31 Å². The highest BCUT2D eigenvalue weighted by Crippen LogP contribution is 2.29. The van der Waals surface area contributed by atoms with Gasteiger partial charge in [0.15, 0.2) is 11.5 Å². The summed E-state index contributed by atoms with van der Waals surface area (Å²) in [5, 5.41) is 4.42. The lowest BCUT2D eigenvalue weighted by molar-refractivity contribution is 0.0952. The van der Waals surface area contributed by atoms with Crippen LogP contribution in [0.5, 0.6) is 11.5 Å². The highest BCUT2D eigenvalue weighted by molar-refractivity contribution is 7.89. The monoisotopic (exact) mass is 410 g/mol. The summed E-state index contributed by atoms with van der Waals surface area (Å²) in [5.41, 5.74) is 0.821. The van der Waals surface area contributed by atoms with Crippen LogP contribution in [-0.4, -0.2) is 45.9 Å². The third-order valence-corrected chi connectivity index (χ3v) is 7.40. The number of thiophene rings is 1. The van der Waals surface area contributed by atoms with E-state index in [1.807, 2.05) is 6.07 Å². The van der Waals surface area contributed by atoms with E-state index in [1.165, 1.54) is 10.4 Å². The Morgan fingerprint density at radius 2 is 1.85 bits per heavy atom. The van der Waals surface area contributed by atoms with Gasteiger partial charge in [-0.3, -0.25) is 4.79 Å². The molecule has 0 saturated carbocycles. The number of carbonyl (C=O) groups excluding carboxylic acids is 1. The number of amides is 1. The average Bonchev–Trinajstić information content (AvgIpc) is 3.38. The highest BCUT2D eigenvalue weighted by atomic mass is 32.2. The Morgan fingerprint density at radius 3 is 2.52 bits per heavy atom. The predicted octanol–water partition coefficient (Wildman–Crippen LogP) is 2.48. The molecule has 0 aliphatic carbocycles. The number of sulfonamides is 1. The van der Waals surface area contributed by atoms with E-state index in [9.17, 15) is 13.2 Å². The van der Waals surface area contributed by atoms with E-state index in [4.69, 9.17) is 9.47 Å². The summed E-state index contributed by atoms with van der Waals surface area (Å²) in [7, 11) is -0.530. The first-order chi connectivity index (χ1) is 13.0. The molecule has 3 rings (SSSR count). The zero-order valence-electron chi connectivity index (χ0n) is 15.2. The maximum absolute atomic E-state index is 12.8. The molecular formula is C18H22N2O5S2. The standard InChI is InChI=1S/C18H22N2O5S2/c1-24-14-6-5-13(11-15(14)25-2)12-19-18(21)17-16(7-10-26-17)27(22,23)20-8-3-4-9-20/h5-7,10-11H,3-4,8-9,12H2,1-2H3,(H,19,21). The molecule has 9 heteroatoms. The second kappa shape index (κ2) is 8.28. The minimum atomic E-state index is -3.63. The third kappa shape index (κ3) is 4.10. The van der Waals surface area contributed by atoms with Crippen LogP contribution in [0.15, 0.2) is 34.5 Å². The first kappa shape index (κ1) is 19.7. The van der Waals surface area contributed by atoms with E-state index < -0.39 is 15.9 Å². The number of hydrogen-bond acceptors (Lipinski definition) is 6. The second-order valence-corrected chi connectivity index (χ2v) is 8.92. The average molecular weight is 411 g/mol. The van der Waals surface area contributed by atoms with E-state index in [2.05, 4.69) is 5.32 Å². The van der Waals surface area contributed by atoms with Crippen molar-refractivity contribution in [3.63, 3.8) is 0 Å². The van der Waals surface area contributed by atoms with Crippen molar-refractivity contribution in [2.75, 3.05) is 27.3 Å². The Balaban J connectivity index is 1.74. The fourth-order valence-electron chi connectivity index (χ4n) is 2.99. The van der Waals surface area contributed by atoms with Gasteiger partial charge in [0.25, 0.3) is 5.91 Å². The van der Waals surface area contributed by atoms with Gasteiger partial charge in [0, 0.05) is 19.6 Å². The maximum atomic E-state index is 12.8. The van der Waals surface area contributed by atoms with Crippen molar-refractivity contribution in [1.29, 1.82) is 0 Å². The van der Waals surface area contributed by atoms with Gasteiger partial charge >= 0.3 is 0 Å². The number of nitrogens with zero attached hydrogens (tertiary/aromatic N) is 1. The summed E-state index contributed by atoms with van der Waals surface area (Å²) >= 11 is 1.13. The maximum Gasteiger partial charge on any atom is 0.263 e. The molecule has 7 nitrogen and oxygen atoms in total. The van der Waals surface area contributed by atoms with Crippen molar-refractivity contribution >= 4 is 27.3 Å².